The Hall–Kier alpha value is -1.71. The van der Waals surface area contributed by atoms with Crippen LogP contribution in [0, 0.1) is 20.2 Å². The fraction of sp³-hybridized carbons (Fsp3) is 0. The largest absolute Gasteiger partial charge is 2.00 e. The van der Waals surface area contributed by atoms with Crippen LogP contribution in [0.25, 0.3) is 0 Å². The predicted octanol–water partition coefficient (Wildman–Crippen LogP) is 2.91. The molecule has 0 aliphatic heterocycles. The number of benzene rings is 2. The van der Waals surface area contributed by atoms with Gasteiger partial charge in [0.1, 0.15) is 11.5 Å². The molecule has 0 radical (unpaired) electrons. The van der Waals surface area contributed by atoms with E-state index in [1.165, 1.54) is 0 Å². The first kappa shape index (κ1) is 20.3. The molecule has 0 atom stereocenters. The molecule has 0 spiro atoms. The monoisotopic (exact) mass is 382 g/mol. The molecule has 0 fully saturated rings. The molecular formula is C12H11CaN2O8P. The van der Waals surface area contributed by atoms with Crippen LogP contribution in [-0.2, 0) is 4.57 Å². The summed E-state index contributed by atoms with van der Waals surface area (Å²) in [6, 6.07) is 8.95. The Morgan fingerprint density at radius 2 is 1.12 bits per heavy atom. The summed E-state index contributed by atoms with van der Waals surface area (Å²) in [5, 5.41) is 21.0. The summed E-state index contributed by atoms with van der Waals surface area (Å²) >= 11 is 0. The van der Waals surface area contributed by atoms with E-state index < -0.39 is 17.7 Å². The third-order valence-electron chi connectivity index (χ3n) is 2.54. The molecular weight excluding hydrogens is 371 g/mol. The van der Waals surface area contributed by atoms with Crippen molar-refractivity contribution < 1.29 is 31.2 Å². The normalized spacial score (nSPS) is 10.4. The van der Waals surface area contributed by atoms with Crippen molar-refractivity contribution in [3.63, 3.8) is 0 Å². The second-order valence-electron chi connectivity index (χ2n) is 4.15. The van der Waals surface area contributed by atoms with Crippen LogP contribution in [0.15, 0.2) is 48.5 Å². The van der Waals surface area contributed by atoms with Crippen LogP contribution in [0.5, 0.6) is 11.5 Å². The van der Waals surface area contributed by atoms with Crippen molar-refractivity contribution in [2.75, 3.05) is 0 Å². The molecule has 0 saturated carbocycles. The molecule has 2 rings (SSSR count). The first-order chi connectivity index (χ1) is 10.8. The van der Waals surface area contributed by atoms with Gasteiger partial charge in [0.25, 0.3) is 11.4 Å². The van der Waals surface area contributed by atoms with E-state index in [9.17, 15) is 29.7 Å². The van der Waals surface area contributed by atoms with Crippen molar-refractivity contribution in [2.24, 2.45) is 0 Å². The van der Waals surface area contributed by atoms with E-state index in [1.54, 1.807) is 0 Å². The number of hydrogen-bond acceptors (Lipinski definition) is 7. The maximum atomic E-state index is 11.8. The number of phosphoric acid groups is 1. The van der Waals surface area contributed by atoms with Crippen LogP contribution >= 0.6 is 7.82 Å². The van der Waals surface area contributed by atoms with Crippen molar-refractivity contribution in [1.82, 2.24) is 0 Å². The Balaban J connectivity index is 0. The molecule has 0 aromatic heterocycles. The summed E-state index contributed by atoms with van der Waals surface area (Å²) in [7, 11) is -4.55. The Kier molecular flexibility index (Phi) is 7.12. The van der Waals surface area contributed by atoms with Gasteiger partial charge in [-0.3, -0.25) is 25.1 Å². The molecule has 2 aromatic rings. The molecule has 2 aromatic carbocycles. The van der Waals surface area contributed by atoms with E-state index in [0.717, 1.165) is 48.5 Å². The van der Waals surface area contributed by atoms with Gasteiger partial charge in [-0.25, -0.2) is 4.57 Å². The SMILES string of the molecule is O=[N+]([O-])c1ccc(OP(=O)(O)Oc2ccc([N+](=O)[O-])cc2)cc1.[Ca+2].[H-].[H-]. The molecule has 124 valence electrons. The number of hydrogen-bond donors (Lipinski definition) is 1. The molecule has 0 aliphatic carbocycles. The van der Waals surface area contributed by atoms with Crippen LogP contribution in [-0.4, -0.2) is 52.5 Å². The molecule has 0 heterocycles. The summed E-state index contributed by atoms with van der Waals surface area (Å²) in [6.07, 6.45) is 0. The van der Waals surface area contributed by atoms with E-state index in [4.69, 9.17) is 9.05 Å². The van der Waals surface area contributed by atoms with Crippen molar-refractivity contribution in [1.29, 1.82) is 0 Å². The fourth-order valence-corrected chi connectivity index (χ4v) is 2.36. The van der Waals surface area contributed by atoms with Gasteiger partial charge >= 0.3 is 45.6 Å². The van der Waals surface area contributed by atoms with E-state index >= 15 is 0 Å². The molecule has 0 aliphatic rings. The minimum absolute atomic E-state index is 0. The van der Waals surface area contributed by atoms with Gasteiger partial charge in [-0.1, -0.05) is 0 Å². The number of nitrogens with zero attached hydrogens (tertiary/aromatic N) is 2. The Morgan fingerprint density at radius 1 is 0.833 bits per heavy atom. The third kappa shape index (κ3) is 5.73. The molecule has 0 saturated heterocycles. The molecule has 0 unspecified atom stereocenters. The number of nitro groups is 2. The molecule has 0 bridgehead atoms. The average molecular weight is 382 g/mol. The molecule has 24 heavy (non-hydrogen) atoms. The van der Waals surface area contributed by atoms with Crippen molar-refractivity contribution in [3.05, 3.63) is 68.8 Å². The maximum absolute atomic E-state index is 11.8. The molecule has 10 nitrogen and oxygen atoms in total. The van der Waals surface area contributed by atoms with Gasteiger partial charge in [-0.2, -0.15) is 0 Å². The number of rotatable bonds is 6. The Labute approximate surface area is 167 Å². The van der Waals surface area contributed by atoms with Gasteiger partial charge in [0.05, 0.1) is 9.85 Å². The van der Waals surface area contributed by atoms with Gasteiger partial charge in [0, 0.05) is 24.3 Å². The average Bonchev–Trinajstić information content (AvgIpc) is 2.47. The second kappa shape index (κ2) is 8.41. The van der Waals surface area contributed by atoms with E-state index in [0.29, 0.717) is 0 Å². The standard InChI is InChI=1S/C12H9N2O8P.Ca.2H/c15-13(16)9-1-5-11(6-2-9)21-23(19,20)22-12-7-3-10(4-8-12)14(17)18;;;/h1-8H,(H,19,20);;;/q;+2;2*-1. The van der Waals surface area contributed by atoms with Crippen molar-refractivity contribution >= 4 is 56.9 Å². The number of phosphoric ester groups is 1. The van der Waals surface area contributed by atoms with Crippen LogP contribution < -0.4 is 9.05 Å². The first-order valence-electron chi connectivity index (χ1n) is 5.98. The number of non-ortho nitro benzene ring substituents is 2. The summed E-state index contributed by atoms with van der Waals surface area (Å²) in [5.74, 6) is -0.216. The summed E-state index contributed by atoms with van der Waals surface area (Å²) in [4.78, 5) is 29.4. The number of nitro benzene ring substituents is 2. The predicted molar refractivity (Wildman–Crippen MR) is 85.3 cm³/mol. The van der Waals surface area contributed by atoms with Crippen molar-refractivity contribution in [2.45, 2.75) is 0 Å². The molecule has 12 heteroatoms. The van der Waals surface area contributed by atoms with E-state index in [-0.39, 0.29) is 63.5 Å². The first-order valence-corrected chi connectivity index (χ1v) is 7.47. The summed E-state index contributed by atoms with van der Waals surface area (Å²) in [5.41, 5.74) is -0.414. The smallest absolute Gasteiger partial charge is 1.00 e. The van der Waals surface area contributed by atoms with Crippen molar-refractivity contribution in [3.8, 4) is 11.5 Å². The zero-order valence-corrected chi connectivity index (χ0v) is 15.1. The van der Waals surface area contributed by atoms with E-state index in [2.05, 4.69) is 0 Å². The van der Waals surface area contributed by atoms with Gasteiger partial charge < -0.3 is 11.9 Å². The Morgan fingerprint density at radius 3 is 1.38 bits per heavy atom. The zero-order chi connectivity index (χ0) is 17.0. The van der Waals surface area contributed by atoms with Gasteiger partial charge in [0.15, 0.2) is 0 Å². The topological polar surface area (TPSA) is 142 Å². The zero-order valence-electron chi connectivity index (χ0n) is 14.0. The minimum atomic E-state index is -4.55. The van der Waals surface area contributed by atoms with Crippen LogP contribution in [0.4, 0.5) is 11.4 Å². The Bertz CT molecular complexity index is 727. The second-order valence-corrected chi connectivity index (χ2v) is 5.46. The van der Waals surface area contributed by atoms with Crippen LogP contribution in [0.3, 0.4) is 0 Å². The van der Waals surface area contributed by atoms with Crippen LogP contribution in [0.1, 0.15) is 2.85 Å². The van der Waals surface area contributed by atoms with Gasteiger partial charge in [-0.15, -0.1) is 0 Å². The maximum Gasteiger partial charge on any atom is 2.00 e. The van der Waals surface area contributed by atoms with Crippen LogP contribution in [0.2, 0.25) is 0 Å². The van der Waals surface area contributed by atoms with Gasteiger partial charge in [-0.05, 0) is 24.3 Å². The summed E-state index contributed by atoms with van der Waals surface area (Å²) < 4.78 is 21.3. The molecule has 1 N–H and O–H groups in total. The van der Waals surface area contributed by atoms with Gasteiger partial charge in [0.2, 0.25) is 0 Å². The molecule has 0 amide bonds. The summed E-state index contributed by atoms with van der Waals surface area (Å²) in [6.45, 7) is 0. The third-order valence-corrected chi connectivity index (χ3v) is 3.42. The quantitative estimate of drug-likeness (QED) is 0.348. The minimum Gasteiger partial charge on any atom is -1.00 e. The van der Waals surface area contributed by atoms with E-state index in [1.807, 2.05) is 0 Å². The fourth-order valence-electron chi connectivity index (χ4n) is 1.54.